The first-order valence-corrected chi connectivity index (χ1v) is 3.51. The first-order chi connectivity index (χ1) is 5.26. The third-order valence-corrected chi connectivity index (χ3v) is 1.36. The Morgan fingerprint density at radius 3 is 1.62 bits per heavy atom. The van der Waals surface area contributed by atoms with E-state index in [1.54, 1.807) is 0 Å². The molecule has 0 aliphatic rings. The smallest absolute Gasteiger partial charge is 0.130 e. The summed E-state index contributed by atoms with van der Waals surface area (Å²) in [5.74, 6) is 0. The van der Waals surface area contributed by atoms with Gasteiger partial charge in [0, 0.05) is 34.8 Å². The Hall–Kier alpha value is 0.474. The molecule has 6 N–H and O–H groups in total. The summed E-state index contributed by atoms with van der Waals surface area (Å²) >= 11 is 0. The van der Waals surface area contributed by atoms with Gasteiger partial charge in [-0.25, -0.2) is 0 Å². The molecule has 0 aromatic carbocycles. The van der Waals surface area contributed by atoms with Crippen molar-refractivity contribution in [2.75, 3.05) is 32.9 Å². The van der Waals surface area contributed by atoms with Gasteiger partial charge in [0.05, 0.1) is 19.8 Å². The predicted octanol–water partition coefficient (Wildman–Crippen LogP) is -3.24. The van der Waals surface area contributed by atoms with Crippen LogP contribution in [0.25, 0.3) is 0 Å². The van der Waals surface area contributed by atoms with Crippen LogP contribution in [-0.2, 0) is 21.7 Å². The van der Waals surface area contributed by atoms with Crippen LogP contribution in [0, 0.1) is 0 Å². The standard InChI is InChI=1S/C6H15NO4.H2O.Ti/c8-3-1-7(2-4-9)6(11)5-10;;/h6,8-11H,1-5H2;1H2;. The van der Waals surface area contributed by atoms with Gasteiger partial charge in [-0.15, -0.1) is 0 Å². The maximum atomic E-state index is 9.03. The van der Waals surface area contributed by atoms with Crippen molar-refractivity contribution in [3.63, 3.8) is 0 Å². The summed E-state index contributed by atoms with van der Waals surface area (Å²) < 4.78 is 0. The quantitative estimate of drug-likeness (QED) is 0.283. The maximum absolute atomic E-state index is 9.03. The van der Waals surface area contributed by atoms with Crippen LogP contribution >= 0.6 is 0 Å². The van der Waals surface area contributed by atoms with Crippen LogP contribution in [0.15, 0.2) is 0 Å². The normalized spacial score (nSPS) is 11.8. The molecule has 80 valence electrons. The summed E-state index contributed by atoms with van der Waals surface area (Å²) in [5, 5.41) is 34.5. The Morgan fingerprint density at radius 1 is 1.00 bits per heavy atom. The van der Waals surface area contributed by atoms with Crippen LogP contribution in [0.1, 0.15) is 0 Å². The molecule has 0 saturated heterocycles. The molecule has 0 aromatic heterocycles. The second-order valence-corrected chi connectivity index (χ2v) is 2.15. The average molecular weight is 231 g/mol. The van der Waals surface area contributed by atoms with E-state index in [2.05, 4.69) is 0 Å². The molecule has 0 heterocycles. The monoisotopic (exact) mass is 231 g/mol. The van der Waals surface area contributed by atoms with Crippen LogP contribution in [0.3, 0.4) is 0 Å². The Kier molecular flexibility index (Phi) is 18.3. The average Bonchev–Trinajstić information content (AvgIpc) is 2.03. The van der Waals surface area contributed by atoms with E-state index < -0.39 is 6.23 Å². The van der Waals surface area contributed by atoms with Crippen LogP contribution in [0.4, 0.5) is 0 Å². The van der Waals surface area contributed by atoms with E-state index in [0.29, 0.717) is 0 Å². The van der Waals surface area contributed by atoms with E-state index in [1.807, 2.05) is 0 Å². The molecule has 13 heavy (non-hydrogen) atoms. The Bertz CT molecular complexity index is 91.1. The second kappa shape index (κ2) is 12.5. The van der Waals surface area contributed by atoms with Crippen molar-refractivity contribution in [2.45, 2.75) is 6.23 Å². The summed E-state index contributed by atoms with van der Waals surface area (Å²) in [5.41, 5.74) is 0. The van der Waals surface area contributed by atoms with Gasteiger partial charge < -0.3 is 25.9 Å². The predicted molar refractivity (Wildman–Crippen MR) is 42.5 cm³/mol. The third kappa shape index (κ3) is 8.79. The minimum Gasteiger partial charge on any atom is -0.412 e. The largest absolute Gasteiger partial charge is 0.412 e. The molecule has 0 aliphatic heterocycles. The van der Waals surface area contributed by atoms with Gasteiger partial charge in [-0.05, 0) is 0 Å². The molecule has 0 spiro atoms. The molecule has 0 saturated carbocycles. The number of hydrogen-bond donors (Lipinski definition) is 4. The van der Waals surface area contributed by atoms with Gasteiger partial charge in [-0.1, -0.05) is 0 Å². The van der Waals surface area contributed by atoms with Crippen molar-refractivity contribution in [1.29, 1.82) is 0 Å². The minimum absolute atomic E-state index is 0. The fourth-order valence-corrected chi connectivity index (χ4v) is 0.782. The molecule has 0 bridgehead atoms. The topological polar surface area (TPSA) is 116 Å². The van der Waals surface area contributed by atoms with Crippen molar-refractivity contribution >= 4 is 0 Å². The fourth-order valence-electron chi connectivity index (χ4n) is 0.782. The molecule has 7 heteroatoms. The minimum atomic E-state index is -0.991. The molecule has 0 fully saturated rings. The third-order valence-electron chi connectivity index (χ3n) is 1.36. The van der Waals surface area contributed by atoms with Gasteiger partial charge in [0.15, 0.2) is 0 Å². The molecule has 1 unspecified atom stereocenters. The SMILES string of the molecule is O.OCCN(CCO)C(O)CO.[Ti]. The van der Waals surface area contributed by atoms with E-state index in [0.717, 1.165) is 0 Å². The summed E-state index contributed by atoms with van der Waals surface area (Å²) in [6.07, 6.45) is -0.991. The number of aliphatic hydroxyl groups excluding tert-OH is 4. The number of hydrogen-bond acceptors (Lipinski definition) is 5. The fraction of sp³-hybridized carbons (Fsp3) is 1.00. The zero-order valence-electron chi connectivity index (χ0n) is 7.35. The van der Waals surface area contributed by atoms with Crippen LogP contribution in [0.2, 0.25) is 0 Å². The maximum Gasteiger partial charge on any atom is 0.130 e. The Labute approximate surface area is 92.0 Å². The van der Waals surface area contributed by atoms with Crippen molar-refractivity contribution in [3.8, 4) is 0 Å². The van der Waals surface area contributed by atoms with E-state index >= 15 is 0 Å². The number of aliphatic hydroxyl groups is 4. The van der Waals surface area contributed by atoms with E-state index in [1.165, 1.54) is 4.90 Å². The van der Waals surface area contributed by atoms with Crippen molar-refractivity contribution in [3.05, 3.63) is 0 Å². The molecule has 0 radical (unpaired) electrons. The van der Waals surface area contributed by atoms with Crippen molar-refractivity contribution < 1.29 is 47.6 Å². The zero-order valence-corrected chi connectivity index (χ0v) is 8.91. The molecule has 0 rings (SSSR count). The number of nitrogens with zero attached hydrogens (tertiary/aromatic N) is 1. The van der Waals surface area contributed by atoms with Crippen LogP contribution in [-0.4, -0.2) is 69.9 Å². The molecule has 1 atom stereocenters. The van der Waals surface area contributed by atoms with E-state index in [-0.39, 0.29) is 60.1 Å². The molecule has 6 nitrogen and oxygen atoms in total. The molecule has 0 aliphatic carbocycles. The van der Waals surface area contributed by atoms with E-state index in [4.69, 9.17) is 20.4 Å². The van der Waals surface area contributed by atoms with Gasteiger partial charge in [-0.2, -0.15) is 0 Å². The first-order valence-electron chi connectivity index (χ1n) is 3.51. The molecular formula is C6H17NO5Ti. The Morgan fingerprint density at radius 2 is 1.38 bits per heavy atom. The van der Waals surface area contributed by atoms with Crippen LogP contribution < -0.4 is 0 Å². The van der Waals surface area contributed by atoms with Gasteiger partial charge >= 0.3 is 0 Å². The summed E-state index contributed by atoms with van der Waals surface area (Å²) in [4.78, 5) is 1.39. The van der Waals surface area contributed by atoms with Gasteiger partial charge in [-0.3, -0.25) is 4.90 Å². The summed E-state index contributed by atoms with van der Waals surface area (Å²) in [7, 11) is 0. The van der Waals surface area contributed by atoms with Crippen LogP contribution in [0.5, 0.6) is 0 Å². The van der Waals surface area contributed by atoms with E-state index in [9.17, 15) is 0 Å². The van der Waals surface area contributed by atoms with Gasteiger partial charge in [0.2, 0.25) is 0 Å². The molecule has 0 amide bonds. The number of rotatable bonds is 6. The summed E-state index contributed by atoms with van der Waals surface area (Å²) in [6, 6.07) is 0. The van der Waals surface area contributed by atoms with Gasteiger partial charge in [0.25, 0.3) is 0 Å². The zero-order chi connectivity index (χ0) is 8.69. The Balaban J connectivity index is -0.000000500. The van der Waals surface area contributed by atoms with Crippen molar-refractivity contribution in [2.24, 2.45) is 0 Å². The molecule has 0 aromatic rings. The molecular weight excluding hydrogens is 214 g/mol. The second-order valence-electron chi connectivity index (χ2n) is 2.15. The van der Waals surface area contributed by atoms with Gasteiger partial charge in [0.1, 0.15) is 6.23 Å². The first kappa shape index (κ1) is 19.1. The summed E-state index contributed by atoms with van der Waals surface area (Å²) in [6.45, 7) is -0.0846. The van der Waals surface area contributed by atoms with Crippen molar-refractivity contribution in [1.82, 2.24) is 4.90 Å².